The lowest BCUT2D eigenvalue weighted by molar-refractivity contribution is 0.0948. The van der Waals surface area contributed by atoms with E-state index in [4.69, 9.17) is 4.42 Å². The number of pyridine rings is 2. The van der Waals surface area contributed by atoms with Crippen molar-refractivity contribution in [3.8, 4) is 22.3 Å². The number of aromatic nitrogens is 3. The van der Waals surface area contributed by atoms with Crippen molar-refractivity contribution >= 4 is 16.9 Å². The van der Waals surface area contributed by atoms with Crippen LogP contribution in [0.15, 0.2) is 107 Å². The summed E-state index contributed by atoms with van der Waals surface area (Å²) in [6.07, 6.45) is 8.47. The Balaban J connectivity index is 1.20. The predicted octanol–water partition coefficient (Wildman–Crippen LogP) is 5.91. The molecule has 2 N–H and O–H groups in total. The first-order valence-electron chi connectivity index (χ1n) is 12.5. The lowest BCUT2D eigenvalue weighted by atomic mass is 10.0. The molecule has 2 aromatic carbocycles. The highest BCUT2D eigenvalue weighted by molar-refractivity contribution is 5.96. The molecule has 40 heavy (non-hydrogen) atoms. The molecule has 6 aromatic rings. The first-order chi connectivity index (χ1) is 19.5. The standard InChI is InChI=1S/C31H22F2N4O3/c32-27-7-6-20(12-28(27)33)17-37-9-2-5-24(31(37)39)30(38)36-14-19-3-1-4-21(11-19)26-16-35-29-25(26)13-23(15-34-29)22-8-10-40-18-22/h1-13,15-16,18H,14,17H2,(H,34,35)(H,36,38). The zero-order chi connectivity index (χ0) is 27.6. The number of H-pyrrole nitrogens is 1. The molecule has 1 amide bonds. The van der Waals surface area contributed by atoms with Crippen LogP contribution in [0, 0.1) is 11.6 Å². The Morgan fingerprint density at radius 2 is 1.85 bits per heavy atom. The molecule has 4 heterocycles. The van der Waals surface area contributed by atoms with Crippen LogP contribution in [0.4, 0.5) is 8.78 Å². The van der Waals surface area contributed by atoms with Crippen LogP contribution in [-0.2, 0) is 13.1 Å². The van der Waals surface area contributed by atoms with Crippen LogP contribution < -0.4 is 10.9 Å². The van der Waals surface area contributed by atoms with Crippen LogP contribution in [0.25, 0.3) is 33.3 Å². The Morgan fingerprint density at radius 3 is 2.67 bits per heavy atom. The van der Waals surface area contributed by atoms with Gasteiger partial charge < -0.3 is 19.3 Å². The minimum absolute atomic E-state index is 0.000980. The van der Waals surface area contributed by atoms with Crippen LogP contribution in [0.3, 0.4) is 0 Å². The molecular formula is C31H22F2N4O3. The maximum Gasteiger partial charge on any atom is 0.263 e. The van der Waals surface area contributed by atoms with Crippen molar-refractivity contribution in [3.63, 3.8) is 0 Å². The fraction of sp³-hybridized carbons (Fsp3) is 0.0645. The van der Waals surface area contributed by atoms with Gasteiger partial charge in [0.05, 0.1) is 19.1 Å². The van der Waals surface area contributed by atoms with Gasteiger partial charge in [0.25, 0.3) is 11.5 Å². The Labute approximate surface area is 226 Å². The Hall–Kier alpha value is -5.31. The van der Waals surface area contributed by atoms with Gasteiger partial charge in [-0.05, 0) is 59.2 Å². The quantitative estimate of drug-likeness (QED) is 0.265. The summed E-state index contributed by atoms with van der Waals surface area (Å²) >= 11 is 0. The Morgan fingerprint density at radius 1 is 0.950 bits per heavy atom. The molecule has 0 bridgehead atoms. The number of amides is 1. The van der Waals surface area contributed by atoms with Crippen molar-refractivity contribution in [1.29, 1.82) is 0 Å². The summed E-state index contributed by atoms with van der Waals surface area (Å²) in [4.78, 5) is 33.6. The van der Waals surface area contributed by atoms with E-state index in [2.05, 4.69) is 15.3 Å². The van der Waals surface area contributed by atoms with E-state index in [0.717, 1.165) is 51.0 Å². The molecule has 0 radical (unpaired) electrons. The second kappa shape index (κ2) is 10.5. The monoisotopic (exact) mass is 536 g/mol. The second-order valence-corrected chi connectivity index (χ2v) is 9.32. The van der Waals surface area contributed by atoms with Gasteiger partial charge in [0.2, 0.25) is 0 Å². The van der Waals surface area contributed by atoms with Crippen molar-refractivity contribution < 1.29 is 18.0 Å². The number of hydrogen-bond acceptors (Lipinski definition) is 4. The van der Waals surface area contributed by atoms with Crippen LogP contribution in [0.5, 0.6) is 0 Å². The third-order valence-corrected chi connectivity index (χ3v) is 6.68. The minimum atomic E-state index is -0.996. The number of halogens is 2. The van der Waals surface area contributed by atoms with Gasteiger partial charge in [0.15, 0.2) is 11.6 Å². The lowest BCUT2D eigenvalue weighted by Crippen LogP contribution is -2.32. The number of nitrogens with zero attached hydrogens (tertiary/aromatic N) is 2. The largest absolute Gasteiger partial charge is 0.472 e. The maximum atomic E-state index is 13.6. The molecule has 4 aromatic heterocycles. The van der Waals surface area contributed by atoms with Gasteiger partial charge >= 0.3 is 0 Å². The van der Waals surface area contributed by atoms with Gasteiger partial charge in [-0.25, -0.2) is 13.8 Å². The van der Waals surface area contributed by atoms with Gasteiger partial charge in [0, 0.05) is 47.2 Å². The number of rotatable bonds is 7. The average Bonchev–Trinajstić information content (AvgIpc) is 3.65. The van der Waals surface area contributed by atoms with Crippen LogP contribution >= 0.6 is 0 Å². The molecule has 6 rings (SSSR count). The molecule has 0 unspecified atom stereocenters. The topological polar surface area (TPSA) is 92.9 Å². The zero-order valence-corrected chi connectivity index (χ0v) is 21.0. The molecule has 0 fully saturated rings. The van der Waals surface area contributed by atoms with E-state index in [1.165, 1.54) is 22.9 Å². The fourth-order valence-electron chi connectivity index (χ4n) is 4.62. The number of furan rings is 1. The highest BCUT2D eigenvalue weighted by atomic mass is 19.2. The normalized spacial score (nSPS) is 11.2. The molecule has 9 heteroatoms. The Kier molecular flexibility index (Phi) is 6.53. The van der Waals surface area contributed by atoms with Crippen molar-refractivity contribution in [1.82, 2.24) is 19.9 Å². The highest BCUT2D eigenvalue weighted by Crippen LogP contribution is 2.31. The van der Waals surface area contributed by atoms with Crippen molar-refractivity contribution in [2.45, 2.75) is 13.1 Å². The molecule has 0 aliphatic carbocycles. The number of carbonyl (C=O) groups excluding carboxylic acids is 1. The number of hydrogen-bond donors (Lipinski definition) is 2. The van der Waals surface area contributed by atoms with Crippen LogP contribution in [-0.4, -0.2) is 20.4 Å². The smallest absolute Gasteiger partial charge is 0.263 e. The van der Waals surface area contributed by atoms with Crippen molar-refractivity contribution in [3.05, 3.63) is 137 Å². The number of benzene rings is 2. The maximum absolute atomic E-state index is 13.6. The van der Waals surface area contributed by atoms with E-state index in [0.29, 0.717) is 5.56 Å². The average molecular weight is 537 g/mol. The molecule has 0 atom stereocenters. The third-order valence-electron chi connectivity index (χ3n) is 6.68. The summed E-state index contributed by atoms with van der Waals surface area (Å²) in [6, 6.07) is 18.1. The first kappa shape index (κ1) is 25.0. The molecule has 7 nitrogen and oxygen atoms in total. The van der Waals surface area contributed by atoms with Crippen LogP contribution in [0.1, 0.15) is 21.5 Å². The molecule has 0 saturated carbocycles. The summed E-state index contributed by atoms with van der Waals surface area (Å²) in [6.45, 7) is 0.200. The first-order valence-corrected chi connectivity index (χ1v) is 12.5. The van der Waals surface area contributed by atoms with Gasteiger partial charge in [-0.3, -0.25) is 9.59 Å². The number of nitrogens with one attached hydrogen (secondary N) is 2. The van der Waals surface area contributed by atoms with E-state index in [1.807, 2.05) is 42.6 Å². The second-order valence-electron chi connectivity index (χ2n) is 9.32. The molecule has 0 aliphatic heterocycles. The lowest BCUT2D eigenvalue weighted by Gasteiger charge is -2.10. The minimum Gasteiger partial charge on any atom is -0.472 e. The summed E-state index contributed by atoms with van der Waals surface area (Å²) in [5, 5.41) is 3.76. The summed E-state index contributed by atoms with van der Waals surface area (Å²) in [5.41, 5.74) is 5.20. The van der Waals surface area contributed by atoms with Gasteiger partial charge in [-0.1, -0.05) is 24.3 Å². The van der Waals surface area contributed by atoms with Crippen molar-refractivity contribution in [2.24, 2.45) is 0 Å². The van der Waals surface area contributed by atoms with E-state index in [1.54, 1.807) is 24.8 Å². The number of aromatic amines is 1. The van der Waals surface area contributed by atoms with E-state index in [-0.39, 0.29) is 18.7 Å². The van der Waals surface area contributed by atoms with E-state index in [9.17, 15) is 18.4 Å². The highest BCUT2D eigenvalue weighted by Gasteiger charge is 2.14. The van der Waals surface area contributed by atoms with Crippen LogP contribution in [0.2, 0.25) is 0 Å². The summed E-state index contributed by atoms with van der Waals surface area (Å²) < 4.78 is 33.3. The Bertz CT molecular complexity index is 1910. The van der Waals surface area contributed by atoms with Crippen molar-refractivity contribution in [2.75, 3.05) is 0 Å². The van der Waals surface area contributed by atoms with E-state index >= 15 is 0 Å². The zero-order valence-electron chi connectivity index (χ0n) is 21.0. The fourth-order valence-corrected chi connectivity index (χ4v) is 4.62. The number of fused-ring (bicyclic) bond motifs is 1. The molecule has 198 valence electrons. The summed E-state index contributed by atoms with van der Waals surface area (Å²) in [5.74, 6) is -2.49. The van der Waals surface area contributed by atoms with E-state index < -0.39 is 23.1 Å². The molecule has 0 spiro atoms. The van der Waals surface area contributed by atoms with Gasteiger partial charge in [-0.2, -0.15) is 0 Å². The molecular weight excluding hydrogens is 514 g/mol. The summed E-state index contributed by atoms with van der Waals surface area (Å²) in [7, 11) is 0. The number of carbonyl (C=O) groups is 1. The third kappa shape index (κ3) is 4.92. The molecule has 0 aliphatic rings. The molecule has 0 saturated heterocycles. The predicted molar refractivity (Wildman–Crippen MR) is 147 cm³/mol. The van der Waals surface area contributed by atoms with Gasteiger partial charge in [-0.15, -0.1) is 0 Å². The SMILES string of the molecule is O=C(NCc1cccc(-c2c[nH]c3ncc(-c4ccoc4)cc23)c1)c1cccn(Cc2ccc(F)c(F)c2)c1=O. The van der Waals surface area contributed by atoms with Gasteiger partial charge in [0.1, 0.15) is 11.2 Å².